The molecule has 1 rings (SSSR count). The largest absolute Gasteiger partial charge is 0.369 e. The Balaban J connectivity index is 2.83. The summed E-state index contributed by atoms with van der Waals surface area (Å²) in [5.74, 6) is -1.39. The second-order valence-corrected chi connectivity index (χ2v) is 4.23. The summed E-state index contributed by atoms with van der Waals surface area (Å²) in [5.41, 5.74) is 0.152. The monoisotopic (exact) mass is 271 g/mol. The number of halogens is 2. The number of hydrogen-bond acceptors (Lipinski definition) is 2. The standard InChI is InChI=1S/C14H19F2NO2/c1-4-13(17-14(18)9(3)19-5-2)11-8-10(15)6-7-12(11)16/h6-9,13H,4-5H2,1-3H3,(H,17,18)/t9-,13-/m0/s1. The third-order valence-electron chi connectivity index (χ3n) is 2.84. The highest BCUT2D eigenvalue weighted by molar-refractivity contribution is 5.80. The highest BCUT2D eigenvalue weighted by Crippen LogP contribution is 2.21. The van der Waals surface area contributed by atoms with Crippen LogP contribution in [-0.2, 0) is 9.53 Å². The molecule has 0 spiro atoms. The van der Waals surface area contributed by atoms with Gasteiger partial charge in [-0.05, 0) is 38.5 Å². The third kappa shape index (κ3) is 4.28. The average molecular weight is 271 g/mol. The van der Waals surface area contributed by atoms with E-state index in [0.717, 1.165) is 18.2 Å². The van der Waals surface area contributed by atoms with Gasteiger partial charge in [-0.1, -0.05) is 6.92 Å². The van der Waals surface area contributed by atoms with Gasteiger partial charge in [0, 0.05) is 12.2 Å². The predicted octanol–water partition coefficient (Wildman–Crippen LogP) is 2.96. The first kappa shape index (κ1) is 15.6. The molecule has 106 valence electrons. The van der Waals surface area contributed by atoms with Gasteiger partial charge in [-0.25, -0.2) is 8.78 Å². The van der Waals surface area contributed by atoms with Gasteiger partial charge in [-0.3, -0.25) is 4.79 Å². The summed E-state index contributed by atoms with van der Waals surface area (Å²) in [6, 6.07) is 2.66. The van der Waals surface area contributed by atoms with Crippen molar-refractivity contribution in [2.45, 2.75) is 39.3 Å². The zero-order valence-electron chi connectivity index (χ0n) is 11.4. The van der Waals surface area contributed by atoms with Crippen LogP contribution in [0.2, 0.25) is 0 Å². The van der Waals surface area contributed by atoms with Crippen molar-refractivity contribution in [3.05, 3.63) is 35.4 Å². The van der Waals surface area contributed by atoms with Gasteiger partial charge in [0.05, 0.1) is 6.04 Å². The van der Waals surface area contributed by atoms with Crippen LogP contribution in [0.1, 0.15) is 38.8 Å². The minimum Gasteiger partial charge on any atom is -0.369 e. The maximum absolute atomic E-state index is 13.7. The molecule has 1 amide bonds. The summed E-state index contributed by atoms with van der Waals surface area (Å²) in [5, 5.41) is 2.66. The van der Waals surface area contributed by atoms with Crippen molar-refractivity contribution in [3.8, 4) is 0 Å². The van der Waals surface area contributed by atoms with Gasteiger partial charge in [0.25, 0.3) is 0 Å². The number of amides is 1. The Hall–Kier alpha value is -1.49. The van der Waals surface area contributed by atoms with E-state index in [1.165, 1.54) is 0 Å². The molecule has 0 radical (unpaired) electrons. The molecule has 1 aromatic carbocycles. The lowest BCUT2D eigenvalue weighted by atomic mass is 10.0. The van der Waals surface area contributed by atoms with E-state index in [0.29, 0.717) is 13.0 Å². The van der Waals surface area contributed by atoms with Crippen LogP contribution in [0.4, 0.5) is 8.78 Å². The summed E-state index contributed by atoms with van der Waals surface area (Å²) in [6.45, 7) is 5.61. The maximum Gasteiger partial charge on any atom is 0.249 e. The molecule has 0 aliphatic carbocycles. The van der Waals surface area contributed by atoms with Gasteiger partial charge in [0.2, 0.25) is 5.91 Å². The van der Waals surface area contributed by atoms with Crippen LogP contribution >= 0.6 is 0 Å². The second-order valence-electron chi connectivity index (χ2n) is 4.23. The van der Waals surface area contributed by atoms with E-state index < -0.39 is 23.8 Å². The molecule has 5 heteroatoms. The quantitative estimate of drug-likeness (QED) is 0.864. The molecule has 0 bridgehead atoms. The van der Waals surface area contributed by atoms with Gasteiger partial charge in [-0.15, -0.1) is 0 Å². The van der Waals surface area contributed by atoms with Crippen molar-refractivity contribution < 1.29 is 18.3 Å². The second kappa shape index (κ2) is 7.19. The molecule has 0 saturated carbocycles. The molecule has 0 aromatic heterocycles. The molecule has 3 nitrogen and oxygen atoms in total. The number of benzene rings is 1. The molecule has 0 aliphatic rings. The van der Waals surface area contributed by atoms with Gasteiger partial charge in [-0.2, -0.15) is 0 Å². The first-order chi connectivity index (χ1) is 8.99. The molecule has 1 aromatic rings. The van der Waals surface area contributed by atoms with E-state index in [4.69, 9.17) is 4.74 Å². The van der Waals surface area contributed by atoms with E-state index in [2.05, 4.69) is 5.32 Å². The van der Waals surface area contributed by atoms with Crippen molar-refractivity contribution in [3.63, 3.8) is 0 Å². The number of hydrogen-bond donors (Lipinski definition) is 1. The van der Waals surface area contributed by atoms with Crippen molar-refractivity contribution in [1.29, 1.82) is 0 Å². The third-order valence-corrected chi connectivity index (χ3v) is 2.84. The highest BCUT2D eigenvalue weighted by atomic mass is 19.1. The van der Waals surface area contributed by atoms with Gasteiger partial charge >= 0.3 is 0 Å². The van der Waals surface area contributed by atoms with Crippen LogP contribution in [0.25, 0.3) is 0 Å². The summed E-state index contributed by atoms with van der Waals surface area (Å²) in [6.07, 6.45) is -0.152. The van der Waals surface area contributed by atoms with E-state index in [-0.39, 0.29) is 11.5 Å². The van der Waals surface area contributed by atoms with E-state index >= 15 is 0 Å². The van der Waals surface area contributed by atoms with Gasteiger partial charge in [0.15, 0.2) is 0 Å². The Labute approximate surface area is 112 Å². The minimum atomic E-state index is -0.615. The number of nitrogens with one attached hydrogen (secondary N) is 1. The Morgan fingerprint density at radius 3 is 2.63 bits per heavy atom. The number of carbonyl (C=O) groups is 1. The lowest BCUT2D eigenvalue weighted by molar-refractivity contribution is -0.132. The first-order valence-corrected chi connectivity index (χ1v) is 6.36. The summed E-state index contributed by atoms with van der Waals surface area (Å²) in [4.78, 5) is 11.8. The lowest BCUT2D eigenvalue weighted by Crippen LogP contribution is -2.37. The summed E-state index contributed by atoms with van der Waals surface area (Å²) < 4.78 is 32.0. The molecular formula is C14H19F2NO2. The molecule has 19 heavy (non-hydrogen) atoms. The topological polar surface area (TPSA) is 38.3 Å². The summed E-state index contributed by atoms with van der Waals surface area (Å²) >= 11 is 0. The van der Waals surface area contributed by atoms with Crippen molar-refractivity contribution in [1.82, 2.24) is 5.32 Å². The van der Waals surface area contributed by atoms with Crippen molar-refractivity contribution in [2.75, 3.05) is 6.61 Å². The average Bonchev–Trinajstić information content (AvgIpc) is 2.39. The fraction of sp³-hybridized carbons (Fsp3) is 0.500. The smallest absolute Gasteiger partial charge is 0.249 e. The van der Waals surface area contributed by atoms with Crippen LogP contribution in [0.3, 0.4) is 0 Å². The zero-order valence-corrected chi connectivity index (χ0v) is 11.4. The number of carbonyl (C=O) groups excluding carboxylic acids is 1. The Kier molecular flexibility index (Phi) is 5.89. The minimum absolute atomic E-state index is 0.152. The summed E-state index contributed by atoms with van der Waals surface area (Å²) in [7, 11) is 0. The molecule has 0 heterocycles. The Morgan fingerprint density at radius 2 is 2.05 bits per heavy atom. The van der Waals surface area contributed by atoms with Crippen molar-refractivity contribution >= 4 is 5.91 Å². The van der Waals surface area contributed by atoms with Gasteiger partial charge < -0.3 is 10.1 Å². The molecular weight excluding hydrogens is 252 g/mol. The Bertz CT molecular complexity index is 437. The fourth-order valence-corrected chi connectivity index (χ4v) is 1.80. The van der Waals surface area contributed by atoms with Crippen LogP contribution in [-0.4, -0.2) is 18.6 Å². The maximum atomic E-state index is 13.7. The normalized spacial score (nSPS) is 13.9. The fourth-order valence-electron chi connectivity index (χ4n) is 1.80. The van der Waals surface area contributed by atoms with Crippen LogP contribution in [0.5, 0.6) is 0 Å². The first-order valence-electron chi connectivity index (χ1n) is 6.36. The lowest BCUT2D eigenvalue weighted by Gasteiger charge is -2.20. The van der Waals surface area contributed by atoms with Crippen LogP contribution in [0.15, 0.2) is 18.2 Å². The number of rotatable bonds is 6. The predicted molar refractivity (Wildman–Crippen MR) is 68.6 cm³/mol. The molecule has 0 aliphatic heterocycles. The molecule has 2 atom stereocenters. The molecule has 0 saturated heterocycles. The molecule has 0 fully saturated rings. The van der Waals surface area contributed by atoms with E-state index in [9.17, 15) is 13.6 Å². The van der Waals surface area contributed by atoms with E-state index in [1.807, 2.05) is 0 Å². The molecule has 0 unspecified atom stereocenters. The zero-order chi connectivity index (χ0) is 14.4. The van der Waals surface area contributed by atoms with Crippen LogP contribution in [0, 0.1) is 11.6 Å². The van der Waals surface area contributed by atoms with Crippen LogP contribution < -0.4 is 5.32 Å². The SMILES string of the molecule is CCO[C@@H](C)C(=O)N[C@@H](CC)c1cc(F)ccc1F. The highest BCUT2D eigenvalue weighted by Gasteiger charge is 2.20. The Morgan fingerprint density at radius 1 is 1.37 bits per heavy atom. The van der Waals surface area contributed by atoms with E-state index in [1.54, 1.807) is 20.8 Å². The molecule has 1 N–H and O–H groups in total. The van der Waals surface area contributed by atoms with Crippen molar-refractivity contribution in [2.24, 2.45) is 0 Å². The number of ether oxygens (including phenoxy) is 1. The van der Waals surface area contributed by atoms with Gasteiger partial charge in [0.1, 0.15) is 17.7 Å².